The second kappa shape index (κ2) is 8.31. The molecule has 0 fully saturated rings. The molecule has 4 rings (SSSR count). The molecule has 0 radical (unpaired) electrons. The molecule has 6 nitrogen and oxygen atoms in total. The maximum atomic E-state index is 13.1. The van der Waals surface area contributed by atoms with Gasteiger partial charge in [0.15, 0.2) is 22.9 Å². The number of carbonyl (C=O) groups excluding carboxylic acids is 1. The lowest BCUT2D eigenvalue weighted by Gasteiger charge is -2.14. The Morgan fingerprint density at radius 3 is 2.63 bits per heavy atom. The number of aromatic nitrogens is 4. The molecule has 1 atom stereocenters. The lowest BCUT2D eigenvalue weighted by atomic mass is 10.1. The predicted octanol–water partition coefficient (Wildman–Crippen LogP) is 4.56. The molecule has 154 valence electrons. The van der Waals surface area contributed by atoms with Crippen LogP contribution in [0, 0.1) is 5.82 Å². The van der Waals surface area contributed by atoms with Crippen molar-refractivity contribution >= 4 is 28.4 Å². The average Bonchev–Trinajstić information content (AvgIpc) is 3.28. The number of carbonyl (C=O) groups is 1. The van der Waals surface area contributed by atoms with Crippen LogP contribution in [0.15, 0.2) is 59.9 Å². The number of para-hydroxylation sites is 1. The van der Waals surface area contributed by atoms with Gasteiger partial charge in [-0.1, -0.05) is 30.0 Å². The number of thioether (sulfide) groups is 1. The zero-order valence-corrected chi connectivity index (χ0v) is 17.7. The number of Topliss-reactive ketones (excluding diaryl/α,β-unsaturated/α-hetero) is 1. The van der Waals surface area contributed by atoms with E-state index in [1.54, 1.807) is 12.1 Å². The van der Waals surface area contributed by atoms with Crippen LogP contribution in [-0.2, 0) is 14.1 Å². The Labute approximate surface area is 177 Å². The summed E-state index contributed by atoms with van der Waals surface area (Å²) in [4.78, 5) is 12.8. The van der Waals surface area contributed by atoms with E-state index in [1.807, 2.05) is 60.6 Å². The molecule has 0 aliphatic carbocycles. The number of aryl methyl sites for hydroxylation is 1. The lowest BCUT2D eigenvalue weighted by molar-refractivity contribution is 0.102. The third-order valence-corrected chi connectivity index (χ3v) is 5.91. The third-order valence-electron chi connectivity index (χ3n) is 4.89. The topological polar surface area (TPSA) is 61.9 Å². The highest BCUT2D eigenvalue weighted by Gasteiger charge is 2.19. The number of hydrogen-bond donors (Lipinski definition) is 0. The van der Waals surface area contributed by atoms with E-state index >= 15 is 0 Å². The minimum atomic E-state index is -0.379. The molecular formula is C22H21FN4O2S. The highest BCUT2D eigenvalue weighted by atomic mass is 32.2. The predicted molar refractivity (Wildman–Crippen MR) is 114 cm³/mol. The van der Waals surface area contributed by atoms with E-state index in [4.69, 9.17) is 4.74 Å². The summed E-state index contributed by atoms with van der Waals surface area (Å²) in [6.45, 7) is 1.85. The van der Waals surface area contributed by atoms with Gasteiger partial charge in [0.05, 0.1) is 5.75 Å². The van der Waals surface area contributed by atoms with Crippen molar-refractivity contribution in [3.63, 3.8) is 0 Å². The third kappa shape index (κ3) is 3.95. The smallest absolute Gasteiger partial charge is 0.191 e. The first-order chi connectivity index (χ1) is 14.4. The number of ketones is 1. The number of benzene rings is 2. The maximum absolute atomic E-state index is 13.1. The second-order valence-corrected chi connectivity index (χ2v) is 7.94. The largest absolute Gasteiger partial charge is 0.483 e. The average molecular weight is 425 g/mol. The second-order valence-electron chi connectivity index (χ2n) is 7.00. The molecule has 8 heteroatoms. The van der Waals surface area contributed by atoms with E-state index in [0.717, 1.165) is 10.9 Å². The Hall–Kier alpha value is -3.13. The van der Waals surface area contributed by atoms with Crippen molar-refractivity contribution in [1.29, 1.82) is 0 Å². The molecule has 0 spiro atoms. The highest BCUT2D eigenvalue weighted by molar-refractivity contribution is 7.99. The van der Waals surface area contributed by atoms with Crippen molar-refractivity contribution < 1.29 is 13.9 Å². The van der Waals surface area contributed by atoms with Crippen molar-refractivity contribution in [2.45, 2.75) is 18.2 Å². The number of hydrogen-bond acceptors (Lipinski definition) is 5. The van der Waals surface area contributed by atoms with Crippen LogP contribution in [0.25, 0.3) is 10.9 Å². The van der Waals surface area contributed by atoms with Gasteiger partial charge in [-0.3, -0.25) is 4.79 Å². The molecule has 2 aromatic heterocycles. The SMILES string of the molecule is CC(Oc1ccc(F)cc1)c1nnc(SCC(=O)c2cn(C)c3ccccc23)n1C. The molecule has 0 saturated carbocycles. The molecule has 0 saturated heterocycles. The van der Waals surface area contributed by atoms with E-state index in [0.29, 0.717) is 22.3 Å². The van der Waals surface area contributed by atoms with Gasteiger partial charge in [-0.15, -0.1) is 10.2 Å². The summed E-state index contributed by atoms with van der Waals surface area (Å²) in [5, 5.41) is 10.00. The molecule has 4 aromatic rings. The Kier molecular flexibility index (Phi) is 5.59. The Morgan fingerprint density at radius 1 is 1.13 bits per heavy atom. The molecule has 0 aliphatic heterocycles. The Bertz CT molecular complexity index is 1200. The van der Waals surface area contributed by atoms with Crippen LogP contribution in [0.2, 0.25) is 0 Å². The van der Waals surface area contributed by atoms with Crippen molar-refractivity contribution in [2.24, 2.45) is 14.1 Å². The van der Waals surface area contributed by atoms with Gasteiger partial charge < -0.3 is 13.9 Å². The van der Waals surface area contributed by atoms with Crippen LogP contribution in [0.1, 0.15) is 29.2 Å². The van der Waals surface area contributed by atoms with Crippen LogP contribution in [0.4, 0.5) is 4.39 Å². The van der Waals surface area contributed by atoms with E-state index in [9.17, 15) is 9.18 Å². The van der Waals surface area contributed by atoms with Crippen LogP contribution in [0.3, 0.4) is 0 Å². The quantitative estimate of drug-likeness (QED) is 0.321. The molecule has 0 N–H and O–H groups in total. The van der Waals surface area contributed by atoms with Crippen molar-refractivity contribution in [1.82, 2.24) is 19.3 Å². The van der Waals surface area contributed by atoms with Gasteiger partial charge in [0.25, 0.3) is 0 Å². The van der Waals surface area contributed by atoms with Gasteiger partial charge >= 0.3 is 0 Å². The molecule has 0 amide bonds. The fourth-order valence-electron chi connectivity index (χ4n) is 3.35. The van der Waals surface area contributed by atoms with Gasteiger partial charge in [0.2, 0.25) is 0 Å². The Morgan fingerprint density at radius 2 is 1.87 bits per heavy atom. The summed E-state index contributed by atoms with van der Waals surface area (Å²) in [5.74, 6) is 1.15. The van der Waals surface area contributed by atoms with Gasteiger partial charge in [-0.25, -0.2) is 4.39 Å². The summed E-state index contributed by atoms with van der Waals surface area (Å²) in [6.07, 6.45) is 1.49. The normalized spacial score (nSPS) is 12.3. The van der Waals surface area contributed by atoms with Crippen molar-refractivity contribution in [2.75, 3.05) is 5.75 Å². The van der Waals surface area contributed by atoms with E-state index in [2.05, 4.69) is 10.2 Å². The molecular weight excluding hydrogens is 403 g/mol. The van der Waals surface area contributed by atoms with Gasteiger partial charge in [0, 0.05) is 36.8 Å². The summed E-state index contributed by atoms with van der Waals surface area (Å²) in [6, 6.07) is 13.7. The minimum absolute atomic E-state index is 0.0389. The maximum Gasteiger partial charge on any atom is 0.191 e. The first-order valence-corrected chi connectivity index (χ1v) is 10.4. The zero-order valence-electron chi connectivity index (χ0n) is 16.9. The number of ether oxygens (including phenoxy) is 1. The molecule has 2 aromatic carbocycles. The van der Waals surface area contributed by atoms with E-state index in [1.165, 1.54) is 23.9 Å². The number of fused-ring (bicyclic) bond motifs is 1. The molecule has 2 heterocycles. The summed E-state index contributed by atoms with van der Waals surface area (Å²) < 4.78 is 22.7. The zero-order chi connectivity index (χ0) is 21.3. The molecule has 0 aliphatic rings. The number of rotatable bonds is 7. The van der Waals surface area contributed by atoms with Gasteiger partial charge in [-0.2, -0.15) is 0 Å². The molecule has 0 bridgehead atoms. The van der Waals surface area contributed by atoms with Crippen molar-refractivity contribution in [3.8, 4) is 5.75 Å². The fourth-order valence-corrected chi connectivity index (χ4v) is 4.15. The Balaban J connectivity index is 1.45. The van der Waals surface area contributed by atoms with Gasteiger partial charge in [0.1, 0.15) is 11.6 Å². The minimum Gasteiger partial charge on any atom is -0.483 e. The van der Waals surface area contributed by atoms with E-state index in [-0.39, 0.29) is 23.5 Å². The first kappa shape index (κ1) is 20.2. The van der Waals surface area contributed by atoms with Crippen LogP contribution < -0.4 is 4.74 Å². The lowest BCUT2D eigenvalue weighted by Crippen LogP contribution is -2.10. The van der Waals surface area contributed by atoms with Gasteiger partial charge in [-0.05, 0) is 37.3 Å². The number of halogens is 1. The molecule has 1 unspecified atom stereocenters. The summed E-state index contributed by atoms with van der Waals surface area (Å²) in [7, 11) is 3.77. The summed E-state index contributed by atoms with van der Waals surface area (Å²) >= 11 is 1.34. The van der Waals surface area contributed by atoms with Crippen molar-refractivity contribution in [3.05, 3.63) is 71.9 Å². The monoisotopic (exact) mass is 424 g/mol. The summed E-state index contributed by atoms with van der Waals surface area (Å²) in [5.41, 5.74) is 1.73. The first-order valence-electron chi connectivity index (χ1n) is 9.45. The number of nitrogens with zero attached hydrogens (tertiary/aromatic N) is 4. The fraction of sp³-hybridized carbons (Fsp3) is 0.227. The van der Waals surface area contributed by atoms with Crippen LogP contribution in [-0.4, -0.2) is 30.9 Å². The van der Waals surface area contributed by atoms with Crippen LogP contribution in [0.5, 0.6) is 5.75 Å². The standard InChI is InChI=1S/C22H21FN4O2S/c1-14(29-16-10-8-15(23)9-11-16)21-24-25-22(27(21)3)30-13-20(28)18-12-26(2)19-7-5-4-6-17(18)19/h4-12,14H,13H2,1-3H3. The van der Waals surface area contributed by atoms with Crippen LogP contribution >= 0.6 is 11.8 Å². The molecule has 30 heavy (non-hydrogen) atoms. The van der Waals surface area contributed by atoms with E-state index < -0.39 is 0 Å². The highest BCUT2D eigenvalue weighted by Crippen LogP contribution is 2.26.